The fourth-order valence-corrected chi connectivity index (χ4v) is 2.18. The Labute approximate surface area is 103 Å². The van der Waals surface area contributed by atoms with Gasteiger partial charge in [0.25, 0.3) is 0 Å². The number of aromatic nitrogens is 2. The molecule has 0 saturated carbocycles. The van der Waals surface area contributed by atoms with Crippen LogP contribution in [0.1, 0.15) is 51.7 Å². The van der Waals surface area contributed by atoms with Crippen LogP contribution in [-0.2, 0) is 11.8 Å². The summed E-state index contributed by atoms with van der Waals surface area (Å²) in [5.74, 6) is 2.32. The Morgan fingerprint density at radius 3 is 2.82 bits per heavy atom. The van der Waals surface area contributed by atoms with Crippen molar-refractivity contribution in [2.24, 2.45) is 5.92 Å². The van der Waals surface area contributed by atoms with Gasteiger partial charge < -0.3 is 9.84 Å². The molecular weight excluding hydrogens is 214 g/mol. The quantitative estimate of drug-likeness (QED) is 0.857. The van der Waals surface area contributed by atoms with Gasteiger partial charge in [-0.25, -0.2) is 0 Å². The van der Waals surface area contributed by atoms with Gasteiger partial charge in [-0.05, 0) is 38.3 Å². The zero-order valence-corrected chi connectivity index (χ0v) is 11.1. The van der Waals surface area contributed by atoms with Gasteiger partial charge in [0, 0.05) is 11.8 Å². The van der Waals surface area contributed by atoms with Crippen LogP contribution in [0.15, 0.2) is 4.52 Å². The van der Waals surface area contributed by atoms with E-state index in [2.05, 4.69) is 36.2 Å². The maximum atomic E-state index is 5.35. The molecule has 1 saturated heterocycles. The molecule has 2 heterocycles. The number of rotatable bonds is 2. The van der Waals surface area contributed by atoms with Crippen molar-refractivity contribution >= 4 is 0 Å². The lowest BCUT2D eigenvalue weighted by Gasteiger charge is -2.11. The molecule has 2 rings (SSSR count). The molecule has 0 bridgehead atoms. The second-order valence-electron chi connectivity index (χ2n) is 6.01. The summed E-state index contributed by atoms with van der Waals surface area (Å²) >= 11 is 0. The molecule has 1 unspecified atom stereocenters. The van der Waals surface area contributed by atoms with E-state index in [0.29, 0.717) is 5.92 Å². The van der Waals surface area contributed by atoms with Crippen molar-refractivity contribution in [1.29, 1.82) is 0 Å². The summed E-state index contributed by atoms with van der Waals surface area (Å²) in [4.78, 5) is 4.51. The van der Waals surface area contributed by atoms with E-state index in [4.69, 9.17) is 4.52 Å². The lowest BCUT2D eigenvalue weighted by molar-refractivity contribution is 0.333. The normalized spacial score (nSPS) is 22.4. The first-order valence-electron chi connectivity index (χ1n) is 6.59. The van der Waals surface area contributed by atoms with E-state index < -0.39 is 0 Å². The zero-order valence-electron chi connectivity index (χ0n) is 11.1. The average Bonchev–Trinajstić information content (AvgIpc) is 2.56. The average molecular weight is 237 g/mol. The largest absolute Gasteiger partial charge is 0.339 e. The second-order valence-corrected chi connectivity index (χ2v) is 6.01. The molecule has 1 aliphatic heterocycles. The molecule has 1 atom stereocenters. The van der Waals surface area contributed by atoms with Crippen LogP contribution in [-0.4, -0.2) is 23.2 Å². The van der Waals surface area contributed by atoms with Gasteiger partial charge >= 0.3 is 0 Å². The summed E-state index contributed by atoms with van der Waals surface area (Å²) < 4.78 is 5.35. The minimum Gasteiger partial charge on any atom is -0.339 e. The molecule has 1 aromatic heterocycles. The van der Waals surface area contributed by atoms with Crippen LogP contribution in [0.3, 0.4) is 0 Å². The highest BCUT2D eigenvalue weighted by atomic mass is 16.5. The van der Waals surface area contributed by atoms with Crippen molar-refractivity contribution in [1.82, 2.24) is 15.5 Å². The standard InChI is InChI=1S/C13H23N3O/c1-13(2,3)12-15-11(17-16-12)9-10-5-4-7-14-8-6-10/h10,14H,4-9H2,1-3H3. The van der Waals surface area contributed by atoms with Crippen molar-refractivity contribution in [3.63, 3.8) is 0 Å². The van der Waals surface area contributed by atoms with Crippen molar-refractivity contribution in [3.05, 3.63) is 11.7 Å². The van der Waals surface area contributed by atoms with E-state index in [1.54, 1.807) is 0 Å². The Morgan fingerprint density at radius 1 is 1.29 bits per heavy atom. The molecule has 96 valence electrons. The molecule has 0 spiro atoms. The van der Waals surface area contributed by atoms with Gasteiger partial charge in [0.15, 0.2) is 5.82 Å². The molecule has 1 aromatic rings. The minimum atomic E-state index is -0.0211. The first kappa shape index (κ1) is 12.6. The molecule has 0 radical (unpaired) electrons. The Kier molecular flexibility index (Phi) is 3.82. The van der Waals surface area contributed by atoms with E-state index in [1.165, 1.54) is 19.3 Å². The third-order valence-corrected chi connectivity index (χ3v) is 3.30. The van der Waals surface area contributed by atoms with Crippen molar-refractivity contribution < 1.29 is 4.52 Å². The number of nitrogens with one attached hydrogen (secondary N) is 1. The first-order valence-corrected chi connectivity index (χ1v) is 6.59. The highest BCUT2D eigenvalue weighted by molar-refractivity contribution is 5.00. The Bertz CT molecular complexity index is 346. The predicted octanol–water partition coefficient (Wildman–Crippen LogP) is 2.30. The Morgan fingerprint density at radius 2 is 2.12 bits per heavy atom. The second kappa shape index (κ2) is 5.17. The highest BCUT2D eigenvalue weighted by Crippen LogP contribution is 2.22. The summed E-state index contributed by atoms with van der Waals surface area (Å²) in [5.41, 5.74) is -0.0211. The SMILES string of the molecule is CC(C)(C)c1noc(CC2CCCNCC2)n1. The van der Waals surface area contributed by atoms with Gasteiger partial charge in [0.05, 0.1) is 0 Å². The van der Waals surface area contributed by atoms with Crippen LogP contribution in [0.4, 0.5) is 0 Å². The molecule has 0 aliphatic carbocycles. The summed E-state index contributed by atoms with van der Waals surface area (Å²) in [7, 11) is 0. The van der Waals surface area contributed by atoms with Crippen LogP contribution in [0.5, 0.6) is 0 Å². The molecule has 4 nitrogen and oxygen atoms in total. The number of hydrogen-bond acceptors (Lipinski definition) is 4. The van der Waals surface area contributed by atoms with Gasteiger partial charge in [-0.15, -0.1) is 0 Å². The Balaban J connectivity index is 1.96. The van der Waals surface area contributed by atoms with Crippen LogP contribution >= 0.6 is 0 Å². The maximum absolute atomic E-state index is 5.35. The maximum Gasteiger partial charge on any atom is 0.226 e. The topological polar surface area (TPSA) is 51.0 Å². The monoisotopic (exact) mass is 237 g/mol. The Hall–Kier alpha value is -0.900. The van der Waals surface area contributed by atoms with Crippen molar-refractivity contribution in [2.75, 3.05) is 13.1 Å². The van der Waals surface area contributed by atoms with Crippen LogP contribution in [0, 0.1) is 5.92 Å². The van der Waals surface area contributed by atoms with Gasteiger partial charge in [-0.3, -0.25) is 0 Å². The number of hydrogen-bond donors (Lipinski definition) is 1. The van der Waals surface area contributed by atoms with E-state index in [9.17, 15) is 0 Å². The molecule has 1 aliphatic rings. The molecule has 0 aromatic carbocycles. The predicted molar refractivity (Wildman–Crippen MR) is 66.9 cm³/mol. The van der Waals surface area contributed by atoms with Gasteiger partial charge in [-0.2, -0.15) is 4.98 Å². The summed E-state index contributed by atoms with van der Waals surface area (Å²) in [6.07, 6.45) is 4.67. The lowest BCUT2D eigenvalue weighted by Crippen LogP contribution is -2.15. The lowest BCUT2D eigenvalue weighted by atomic mass is 9.95. The third kappa shape index (κ3) is 3.53. The molecular formula is C13H23N3O. The van der Waals surface area contributed by atoms with E-state index in [-0.39, 0.29) is 5.41 Å². The fraction of sp³-hybridized carbons (Fsp3) is 0.846. The van der Waals surface area contributed by atoms with Crippen LogP contribution in [0.2, 0.25) is 0 Å². The van der Waals surface area contributed by atoms with Gasteiger partial charge in [-0.1, -0.05) is 25.9 Å². The summed E-state index contributed by atoms with van der Waals surface area (Å²) in [6.45, 7) is 8.59. The summed E-state index contributed by atoms with van der Waals surface area (Å²) in [5, 5.41) is 7.50. The molecule has 17 heavy (non-hydrogen) atoms. The molecule has 0 amide bonds. The van der Waals surface area contributed by atoms with E-state index >= 15 is 0 Å². The minimum absolute atomic E-state index is 0.0211. The third-order valence-electron chi connectivity index (χ3n) is 3.30. The zero-order chi connectivity index (χ0) is 12.3. The van der Waals surface area contributed by atoms with Crippen LogP contribution in [0.25, 0.3) is 0 Å². The fourth-order valence-electron chi connectivity index (χ4n) is 2.18. The smallest absolute Gasteiger partial charge is 0.226 e. The van der Waals surface area contributed by atoms with Crippen molar-refractivity contribution in [2.45, 2.75) is 51.9 Å². The van der Waals surface area contributed by atoms with E-state index in [0.717, 1.165) is 31.2 Å². The first-order chi connectivity index (χ1) is 8.05. The van der Waals surface area contributed by atoms with Gasteiger partial charge in [0.2, 0.25) is 5.89 Å². The van der Waals surface area contributed by atoms with Crippen LogP contribution < -0.4 is 5.32 Å². The molecule has 1 N–H and O–H groups in total. The molecule has 4 heteroatoms. The molecule has 1 fully saturated rings. The summed E-state index contributed by atoms with van der Waals surface area (Å²) in [6, 6.07) is 0. The van der Waals surface area contributed by atoms with E-state index in [1.807, 2.05) is 0 Å². The van der Waals surface area contributed by atoms with Crippen molar-refractivity contribution in [3.8, 4) is 0 Å². The highest BCUT2D eigenvalue weighted by Gasteiger charge is 2.22. The number of nitrogens with zero attached hydrogens (tertiary/aromatic N) is 2. The van der Waals surface area contributed by atoms with Gasteiger partial charge in [0.1, 0.15) is 0 Å².